The molecule has 1 aromatic rings. The number of piperidine rings is 1. The number of likely N-dealkylation sites (tertiary alicyclic amines) is 1. The van der Waals surface area contributed by atoms with E-state index in [4.69, 9.17) is 0 Å². The van der Waals surface area contributed by atoms with Gasteiger partial charge in [-0.3, -0.25) is 9.20 Å². The fraction of sp³-hybridized carbons (Fsp3) is 0.632. The van der Waals surface area contributed by atoms with Crippen LogP contribution in [0.3, 0.4) is 0 Å². The van der Waals surface area contributed by atoms with Crippen LogP contribution in [0.15, 0.2) is 40.2 Å². The molecule has 140 valence electrons. The standard InChI is InChI=1S/C19H32N4OS/c1-16(2)15-23-12-9-17(10-13-23)22-19(20-3)21-11-14-25(24)18-7-5-4-6-8-18/h4-8,16-17H,9-15H2,1-3H3,(H2,20,21,22). The number of nitrogens with one attached hydrogen (secondary N) is 2. The Morgan fingerprint density at radius 1 is 1.28 bits per heavy atom. The number of benzene rings is 1. The van der Waals surface area contributed by atoms with Gasteiger partial charge in [-0.1, -0.05) is 32.0 Å². The van der Waals surface area contributed by atoms with Gasteiger partial charge in [0.1, 0.15) is 0 Å². The smallest absolute Gasteiger partial charge is 0.191 e. The summed E-state index contributed by atoms with van der Waals surface area (Å²) in [7, 11) is 0.818. The Kier molecular flexibility index (Phi) is 8.41. The van der Waals surface area contributed by atoms with E-state index in [-0.39, 0.29) is 0 Å². The summed E-state index contributed by atoms with van der Waals surface area (Å²) < 4.78 is 12.2. The molecule has 2 N–H and O–H groups in total. The van der Waals surface area contributed by atoms with Crippen molar-refractivity contribution in [2.75, 3.05) is 39.0 Å². The molecule has 1 aromatic carbocycles. The van der Waals surface area contributed by atoms with Gasteiger partial charge in [0.05, 0.1) is 10.8 Å². The number of nitrogens with zero attached hydrogens (tertiary/aromatic N) is 2. The summed E-state index contributed by atoms with van der Waals surface area (Å²) in [6.45, 7) is 8.67. The van der Waals surface area contributed by atoms with E-state index in [1.54, 1.807) is 7.05 Å². The van der Waals surface area contributed by atoms with Crippen molar-refractivity contribution in [3.63, 3.8) is 0 Å². The maximum Gasteiger partial charge on any atom is 0.191 e. The molecule has 0 bridgehead atoms. The minimum Gasteiger partial charge on any atom is -0.355 e. The molecule has 0 amide bonds. The number of hydrogen-bond donors (Lipinski definition) is 2. The first kappa shape index (κ1) is 19.9. The molecule has 1 aliphatic rings. The summed E-state index contributed by atoms with van der Waals surface area (Å²) in [5.74, 6) is 2.12. The van der Waals surface area contributed by atoms with Crippen LogP contribution in [0.1, 0.15) is 26.7 Å². The van der Waals surface area contributed by atoms with E-state index in [1.807, 2.05) is 30.3 Å². The summed E-state index contributed by atoms with van der Waals surface area (Å²) in [4.78, 5) is 7.72. The van der Waals surface area contributed by atoms with E-state index in [1.165, 1.54) is 6.54 Å². The third kappa shape index (κ3) is 7.16. The van der Waals surface area contributed by atoms with Crippen molar-refractivity contribution in [2.24, 2.45) is 10.9 Å². The van der Waals surface area contributed by atoms with E-state index in [0.717, 1.165) is 42.7 Å². The maximum absolute atomic E-state index is 12.2. The third-order valence-electron chi connectivity index (χ3n) is 4.36. The molecule has 1 heterocycles. The molecule has 1 unspecified atom stereocenters. The second kappa shape index (κ2) is 10.6. The van der Waals surface area contributed by atoms with Gasteiger partial charge >= 0.3 is 0 Å². The first-order chi connectivity index (χ1) is 12.1. The lowest BCUT2D eigenvalue weighted by Gasteiger charge is -2.33. The molecule has 1 atom stereocenters. The Hall–Kier alpha value is -1.40. The van der Waals surface area contributed by atoms with Gasteiger partial charge in [-0.15, -0.1) is 0 Å². The second-order valence-corrected chi connectivity index (χ2v) is 8.55. The van der Waals surface area contributed by atoms with E-state index in [2.05, 4.69) is 34.4 Å². The van der Waals surface area contributed by atoms with Crippen molar-refractivity contribution in [3.05, 3.63) is 30.3 Å². The molecule has 0 aromatic heterocycles. The predicted molar refractivity (Wildman–Crippen MR) is 107 cm³/mol. The molecule has 25 heavy (non-hydrogen) atoms. The molecule has 0 saturated carbocycles. The molecule has 2 rings (SSSR count). The van der Waals surface area contributed by atoms with Crippen molar-refractivity contribution >= 4 is 16.8 Å². The number of aliphatic imine (C=N–C) groups is 1. The van der Waals surface area contributed by atoms with Crippen molar-refractivity contribution in [3.8, 4) is 0 Å². The summed E-state index contributed by atoms with van der Waals surface area (Å²) in [5.41, 5.74) is 0. The molecule has 5 nitrogen and oxygen atoms in total. The van der Waals surface area contributed by atoms with Crippen LogP contribution >= 0.6 is 0 Å². The largest absolute Gasteiger partial charge is 0.355 e. The molecular weight excluding hydrogens is 332 g/mol. The fourth-order valence-electron chi connectivity index (χ4n) is 3.12. The van der Waals surface area contributed by atoms with Gasteiger partial charge in [0.2, 0.25) is 0 Å². The molecule has 1 saturated heterocycles. The highest BCUT2D eigenvalue weighted by Crippen LogP contribution is 2.12. The highest BCUT2D eigenvalue weighted by atomic mass is 32.2. The predicted octanol–water partition coefficient (Wildman–Crippen LogP) is 2.08. The van der Waals surface area contributed by atoms with Crippen LogP contribution in [-0.2, 0) is 10.8 Å². The molecular formula is C19H32N4OS. The van der Waals surface area contributed by atoms with Crippen molar-refractivity contribution in [1.82, 2.24) is 15.5 Å². The van der Waals surface area contributed by atoms with Crippen LogP contribution in [0.2, 0.25) is 0 Å². The minimum absolute atomic E-state index is 0.467. The van der Waals surface area contributed by atoms with Crippen LogP contribution in [0.25, 0.3) is 0 Å². The normalized spacial score (nSPS) is 18.3. The maximum atomic E-state index is 12.2. The van der Waals surface area contributed by atoms with E-state index in [9.17, 15) is 4.21 Å². The quantitative estimate of drug-likeness (QED) is 0.574. The summed E-state index contributed by atoms with van der Waals surface area (Å²) >= 11 is 0. The Morgan fingerprint density at radius 3 is 2.56 bits per heavy atom. The average Bonchev–Trinajstić information content (AvgIpc) is 2.62. The lowest BCUT2D eigenvalue weighted by atomic mass is 10.0. The zero-order valence-corrected chi connectivity index (χ0v) is 16.5. The highest BCUT2D eigenvalue weighted by Gasteiger charge is 2.20. The Morgan fingerprint density at radius 2 is 1.96 bits per heavy atom. The fourth-order valence-corrected chi connectivity index (χ4v) is 4.10. The van der Waals surface area contributed by atoms with Gasteiger partial charge in [-0.05, 0) is 30.9 Å². The molecule has 1 aliphatic heterocycles. The second-order valence-electron chi connectivity index (χ2n) is 6.97. The van der Waals surface area contributed by atoms with Crippen LogP contribution in [0, 0.1) is 5.92 Å². The number of rotatable bonds is 7. The van der Waals surface area contributed by atoms with Crippen LogP contribution in [-0.4, -0.2) is 60.1 Å². The van der Waals surface area contributed by atoms with Crippen molar-refractivity contribution < 1.29 is 4.21 Å². The molecule has 1 fully saturated rings. The lowest BCUT2D eigenvalue weighted by Crippen LogP contribution is -2.49. The zero-order chi connectivity index (χ0) is 18.1. The van der Waals surface area contributed by atoms with Gasteiger partial charge in [0.15, 0.2) is 5.96 Å². The summed E-state index contributed by atoms with van der Waals surface area (Å²) in [6.07, 6.45) is 2.28. The highest BCUT2D eigenvalue weighted by molar-refractivity contribution is 7.85. The van der Waals surface area contributed by atoms with Gasteiger partial charge in [-0.25, -0.2) is 0 Å². The Balaban J connectivity index is 1.68. The minimum atomic E-state index is -0.971. The van der Waals surface area contributed by atoms with E-state index < -0.39 is 10.8 Å². The van der Waals surface area contributed by atoms with Gasteiger partial charge in [0, 0.05) is 49.9 Å². The molecule has 0 radical (unpaired) electrons. The van der Waals surface area contributed by atoms with Crippen LogP contribution < -0.4 is 10.6 Å². The SMILES string of the molecule is CN=C(NCCS(=O)c1ccccc1)NC1CCN(CC(C)C)CC1. The molecule has 0 spiro atoms. The Labute approximate surface area is 154 Å². The zero-order valence-electron chi connectivity index (χ0n) is 15.7. The molecule has 6 heteroatoms. The van der Waals surface area contributed by atoms with Crippen LogP contribution in [0.5, 0.6) is 0 Å². The lowest BCUT2D eigenvalue weighted by molar-refractivity contribution is 0.187. The number of guanidine groups is 1. The monoisotopic (exact) mass is 364 g/mol. The van der Waals surface area contributed by atoms with E-state index >= 15 is 0 Å². The topological polar surface area (TPSA) is 56.7 Å². The summed E-state index contributed by atoms with van der Waals surface area (Å²) in [5, 5.41) is 6.80. The third-order valence-corrected chi connectivity index (χ3v) is 5.73. The van der Waals surface area contributed by atoms with Crippen LogP contribution in [0.4, 0.5) is 0 Å². The van der Waals surface area contributed by atoms with Gasteiger partial charge in [0.25, 0.3) is 0 Å². The van der Waals surface area contributed by atoms with Crippen molar-refractivity contribution in [2.45, 2.75) is 37.6 Å². The first-order valence-corrected chi connectivity index (χ1v) is 10.5. The van der Waals surface area contributed by atoms with Gasteiger partial charge < -0.3 is 15.5 Å². The molecule has 0 aliphatic carbocycles. The average molecular weight is 365 g/mol. The Bertz CT molecular complexity index is 554. The van der Waals surface area contributed by atoms with Gasteiger partial charge in [-0.2, -0.15) is 0 Å². The summed E-state index contributed by atoms with van der Waals surface area (Å²) in [6, 6.07) is 10.1. The number of hydrogen-bond acceptors (Lipinski definition) is 3. The van der Waals surface area contributed by atoms with E-state index in [0.29, 0.717) is 18.3 Å². The first-order valence-electron chi connectivity index (χ1n) is 9.21. The van der Waals surface area contributed by atoms with Crippen molar-refractivity contribution in [1.29, 1.82) is 0 Å².